The molecule has 1 N–H and O–H groups in total. The van der Waals surface area contributed by atoms with Crippen molar-refractivity contribution in [3.05, 3.63) is 34.7 Å². The molecular weight excluding hydrogens is 186 g/mol. The molecule has 0 fully saturated rings. The molecule has 2 nitrogen and oxygen atoms in total. The molecule has 0 saturated heterocycles. The molecule has 0 aliphatic rings. The number of aromatic amines is 1. The van der Waals surface area contributed by atoms with Crippen LogP contribution in [0.3, 0.4) is 0 Å². The van der Waals surface area contributed by atoms with Crippen molar-refractivity contribution in [2.75, 3.05) is 0 Å². The minimum absolute atomic E-state index is 0.0532. The van der Waals surface area contributed by atoms with Crippen molar-refractivity contribution < 1.29 is 0 Å². The molecule has 0 aliphatic heterocycles. The first-order chi connectivity index (χ1) is 6.86. The van der Waals surface area contributed by atoms with E-state index in [0.717, 1.165) is 11.8 Å². The van der Waals surface area contributed by atoms with Gasteiger partial charge in [0.2, 0.25) is 5.56 Å². The Kier molecular flexibility index (Phi) is 12.0. The minimum Gasteiger partial charge on any atom is -0.329 e. The van der Waals surface area contributed by atoms with Crippen LogP contribution in [0.5, 0.6) is 0 Å². The second-order valence-corrected chi connectivity index (χ2v) is 4.69. The first kappa shape index (κ1) is 16.4. The number of pyridine rings is 1. The zero-order valence-electron chi connectivity index (χ0n) is 10.9. The number of aromatic nitrogens is 1. The number of hydrogen-bond donors (Lipinski definition) is 1. The maximum atomic E-state index is 10.2. The van der Waals surface area contributed by atoms with Crippen LogP contribution in [-0.4, -0.2) is 4.98 Å². The molecule has 0 saturated carbocycles. The van der Waals surface area contributed by atoms with Gasteiger partial charge in [0.05, 0.1) is 0 Å². The highest BCUT2D eigenvalue weighted by Crippen LogP contribution is 1.81. The Morgan fingerprint density at radius 1 is 0.933 bits per heavy atom. The van der Waals surface area contributed by atoms with E-state index in [4.69, 9.17) is 0 Å². The van der Waals surface area contributed by atoms with Crippen molar-refractivity contribution >= 4 is 0 Å². The SMILES string of the molecule is CC(C)C.CC(C)C.O=c1cccc[nH]1. The highest BCUT2D eigenvalue weighted by atomic mass is 16.1. The highest BCUT2D eigenvalue weighted by Gasteiger charge is 1.69. The molecular formula is C13H25NO. The van der Waals surface area contributed by atoms with Gasteiger partial charge in [-0.2, -0.15) is 0 Å². The molecule has 0 spiro atoms. The summed E-state index contributed by atoms with van der Waals surface area (Å²) in [5.74, 6) is 1.67. The quantitative estimate of drug-likeness (QED) is 0.697. The van der Waals surface area contributed by atoms with Gasteiger partial charge in [-0.05, 0) is 17.9 Å². The summed E-state index contributed by atoms with van der Waals surface area (Å²) in [4.78, 5) is 12.7. The van der Waals surface area contributed by atoms with E-state index in [1.807, 2.05) is 0 Å². The van der Waals surface area contributed by atoms with Crippen LogP contribution in [0.2, 0.25) is 0 Å². The molecule has 1 aromatic rings. The van der Waals surface area contributed by atoms with Crippen LogP contribution in [0.15, 0.2) is 29.2 Å². The van der Waals surface area contributed by atoms with Crippen LogP contribution in [0.1, 0.15) is 41.5 Å². The predicted octanol–water partition coefficient (Wildman–Crippen LogP) is 3.70. The summed E-state index contributed by atoms with van der Waals surface area (Å²) in [5.41, 5.74) is -0.0532. The Labute approximate surface area is 93.7 Å². The smallest absolute Gasteiger partial charge is 0.247 e. The minimum atomic E-state index is -0.0532. The van der Waals surface area contributed by atoms with Gasteiger partial charge in [0, 0.05) is 12.3 Å². The van der Waals surface area contributed by atoms with Gasteiger partial charge in [-0.25, -0.2) is 0 Å². The van der Waals surface area contributed by atoms with Gasteiger partial charge in [0.25, 0.3) is 0 Å². The van der Waals surface area contributed by atoms with Gasteiger partial charge in [0.15, 0.2) is 0 Å². The maximum Gasteiger partial charge on any atom is 0.247 e. The Bertz CT molecular complexity index is 234. The zero-order valence-corrected chi connectivity index (χ0v) is 10.9. The van der Waals surface area contributed by atoms with E-state index in [-0.39, 0.29) is 5.56 Å². The molecule has 2 heteroatoms. The average molecular weight is 211 g/mol. The van der Waals surface area contributed by atoms with Crippen LogP contribution in [0.25, 0.3) is 0 Å². The van der Waals surface area contributed by atoms with E-state index in [0.29, 0.717) is 0 Å². The van der Waals surface area contributed by atoms with Crippen molar-refractivity contribution in [3.63, 3.8) is 0 Å². The molecule has 0 amide bonds. The Morgan fingerprint density at radius 2 is 1.33 bits per heavy atom. The Balaban J connectivity index is 0. The summed E-state index contributed by atoms with van der Waals surface area (Å²) >= 11 is 0. The molecule has 88 valence electrons. The van der Waals surface area contributed by atoms with Crippen molar-refractivity contribution in [1.29, 1.82) is 0 Å². The fourth-order valence-electron chi connectivity index (χ4n) is 0.377. The van der Waals surface area contributed by atoms with Gasteiger partial charge in [-0.15, -0.1) is 0 Å². The molecule has 0 bridgehead atoms. The third-order valence-electron chi connectivity index (χ3n) is 0.681. The first-order valence-corrected chi connectivity index (χ1v) is 5.50. The lowest BCUT2D eigenvalue weighted by molar-refractivity contribution is 0.736. The molecule has 15 heavy (non-hydrogen) atoms. The third-order valence-corrected chi connectivity index (χ3v) is 0.681. The van der Waals surface area contributed by atoms with Gasteiger partial charge in [-0.3, -0.25) is 4.79 Å². The number of nitrogens with one attached hydrogen (secondary N) is 1. The van der Waals surface area contributed by atoms with Gasteiger partial charge in [-0.1, -0.05) is 47.6 Å². The van der Waals surface area contributed by atoms with Crippen LogP contribution >= 0.6 is 0 Å². The van der Waals surface area contributed by atoms with Crippen LogP contribution in [-0.2, 0) is 0 Å². The molecule has 0 aromatic carbocycles. The fourth-order valence-corrected chi connectivity index (χ4v) is 0.377. The summed E-state index contributed by atoms with van der Waals surface area (Å²) in [7, 11) is 0. The lowest BCUT2D eigenvalue weighted by Crippen LogP contribution is -1.98. The third kappa shape index (κ3) is 32.1. The molecule has 0 atom stereocenters. The van der Waals surface area contributed by atoms with E-state index in [1.54, 1.807) is 18.3 Å². The van der Waals surface area contributed by atoms with Crippen LogP contribution in [0, 0.1) is 11.8 Å². The second kappa shape index (κ2) is 11.0. The summed E-state index contributed by atoms with van der Waals surface area (Å²) in [6.45, 7) is 13.0. The predicted molar refractivity (Wildman–Crippen MR) is 68.1 cm³/mol. The highest BCUT2D eigenvalue weighted by molar-refractivity contribution is 4.89. The van der Waals surface area contributed by atoms with Crippen molar-refractivity contribution in [3.8, 4) is 0 Å². The molecule has 1 aromatic heterocycles. The number of rotatable bonds is 0. The molecule has 1 rings (SSSR count). The normalized spacial score (nSPS) is 8.80. The fraction of sp³-hybridized carbons (Fsp3) is 0.615. The second-order valence-electron chi connectivity index (χ2n) is 4.69. The van der Waals surface area contributed by atoms with Crippen molar-refractivity contribution in [2.24, 2.45) is 11.8 Å². The zero-order chi connectivity index (χ0) is 12.3. The van der Waals surface area contributed by atoms with E-state index in [9.17, 15) is 4.79 Å². The first-order valence-electron chi connectivity index (χ1n) is 5.50. The van der Waals surface area contributed by atoms with Gasteiger partial charge >= 0.3 is 0 Å². The number of H-pyrrole nitrogens is 1. The Morgan fingerprint density at radius 3 is 1.47 bits per heavy atom. The van der Waals surface area contributed by atoms with E-state index >= 15 is 0 Å². The molecule has 0 unspecified atom stereocenters. The molecule has 1 heterocycles. The molecule has 0 radical (unpaired) electrons. The monoisotopic (exact) mass is 211 g/mol. The van der Waals surface area contributed by atoms with Crippen molar-refractivity contribution in [1.82, 2.24) is 4.98 Å². The van der Waals surface area contributed by atoms with E-state index < -0.39 is 0 Å². The summed E-state index contributed by atoms with van der Waals surface area (Å²) in [6.07, 6.45) is 1.60. The topological polar surface area (TPSA) is 32.9 Å². The molecule has 0 aliphatic carbocycles. The van der Waals surface area contributed by atoms with Crippen LogP contribution < -0.4 is 5.56 Å². The summed E-state index contributed by atoms with van der Waals surface area (Å²) < 4.78 is 0. The van der Waals surface area contributed by atoms with Gasteiger partial charge < -0.3 is 4.98 Å². The summed E-state index contributed by atoms with van der Waals surface area (Å²) in [6, 6.07) is 4.93. The lowest BCUT2D eigenvalue weighted by atomic mass is 10.3. The largest absolute Gasteiger partial charge is 0.329 e. The van der Waals surface area contributed by atoms with E-state index in [2.05, 4.69) is 46.5 Å². The van der Waals surface area contributed by atoms with Crippen LogP contribution in [0.4, 0.5) is 0 Å². The maximum absolute atomic E-state index is 10.2. The lowest BCUT2D eigenvalue weighted by Gasteiger charge is -1.79. The Hall–Kier alpha value is -1.05. The van der Waals surface area contributed by atoms with E-state index in [1.165, 1.54) is 6.07 Å². The number of hydrogen-bond acceptors (Lipinski definition) is 1. The summed E-state index contributed by atoms with van der Waals surface area (Å²) in [5, 5.41) is 0. The standard InChI is InChI=1S/C5H5NO.2C4H10/c7-5-3-1-2-4-6-5;2*1-4(2)3/h1-4H,(H,6,7);2*4H,1-3H3. The van der Waals surface area contributed by atoms with Gasteiger partial charge in [0.1, 0.15) is 0 Å². The average Bonchev–Trinajstić information content (AvgIpc) is 2.03. The van der Waals surface area contributed by atoms with Crippen molar-refractivity contribution in [2.45, 2.75) is 41.5 Å².